The van der Waals surface area contributed by atoms with E-state index in [0.717, 1.165) is 59.8 Å². The summed E-state index contributed by atoms with van der Waals surface area (Å²) in [6.07, 6.45) is 0. The molecule has 0 fully saturated rings. The SMILES string of the molecule is c1ccc(-c2nc(-c3ccccc3)nc(-c3cccc4sc5cc6oc7cc(-n8c9ccccc9c9ccccc98)ccc7c6cc5c34)n2)cc1. The van der Waals surface area contributed by atoms with Crippen LogP contribution in [-0.2, 0) is 0 Å². The monoisotopic (exact) mass is 670 g/mol. The van der Waals surface area contributed by atoms with Gasteiger partial charge in [0.1, 0.15) is 11.2 Å². The van der Waals surface area contributed by atoms with Crippen LogP contribution in [0.1, 0.15) is 0 Å². The van der Waals surface area contributed by atoms with E-state index >= 15 is 0 Å². The molecule has 0 saturated heterocycles. The van der Waals surface area contributed by atoms with E-state index in [1.54, 1.807) is 11.3 Å². The number of aromatic nitrogens is 4. The molecule has 0 aliphatic heterocycles. The Hall–Kier alpha value is -6.63. The lowest BCUT2D eigenvalue weighted by atomic mass is 10.0. The van der Waals surface area contributed by atoms with Crippen LogP contribution in [0.25, 0.3) is 104 Å². The molecule has 0 unspecified atom stereocenters. The fraction of sp³-hybridized carbons (Fsp3) is 0. The van der Waals surface area contributed by atoms with Gasteiger partial charge in [-0.25, -0.2) is 15.0 Å². The minimum atomic E-state index is 0.651. The molecular formula is C45H26N4OS. The average molecular weight is 671 g/mol. The van der Waals surface area contributed by atoms with Crippen LogP contribution in [-0.4, -0.2) is 19.5 Å². The van der Waals surface area contributed by atoms with Gasteiger partial charge in [-0.05, 0) is 42.5 Å². The summed E-state index contributed by atoms with van der Waals surface area (Å²) < 4.78 is 11.3. The fourth-order valence-electron chi connectivity index (χ4n) is 7.54. The summed E-state index contributed by atoms with van der Waals surface area (Å²) in [7, 11) is 0. The van der Waals surface area contributed by atoms with Crippen LogP contribution < -0.4 is 0 Å². The lowest BCUT2D eigenvalue weighted by molar-refractivity contribution is 0.669. The minimum Gasteiger partial charge on any atom is -0.456 e. The highest BCUT2D eigenvalue weighted by molar-refractivity contribution is 7.26. The second-order valence-corrected chi connectivity index (χ2v) is 13.9. The van der Waals surface area contributed by atoms with Gasteiger partial charge in [-0.3, -0.25) is 0 Å². The van der Waals surface area contributed by atoms with Gasteiger partial charge in [0.05, 0.1) is 11.0 Å². The van der Waals surface area contributed by atoms with Gasteiger partial charge < -0.3 is 8.98 Å². The smallest absolute Gasteiger partial charge is 0.164 e. The molecule has 0 saturated carbocycles. The maximum absolute atomic E-state index is 6.62. The maximum atomic E-state index is 6.62. The largest absolute Gasteiger partial charge is 0.456 e. The van der Waals surface area contributed by atoms with Gasteiger partial charge in [-0.15, -0.1) is 11.3 Å². The van der Waals surface area contributed by atoms with Gasteiger partial charge in [0, 0.05) is 70.2 Å². The molecule has 6 heteroatoms. The molecule has 0 radical (unpaired) electrons. The summed E-state index contributed by atoms with van der Waals surface area (Å²) in [5.41, 5.74) is 8.06. The highest BCUT2D eigenvalue weighted by Gasteiger charge is 2.19. The van der Waals surface area contributed by atoms with Crippen molar-refractivity contribution in [3.05, 3.63) is 158 Å². The number of nitrogens with zero attached hydrogens (tertiary/aromatic N) is 4. The van der Waals surface area contributed by atoms with E-state index in [0.29, 0.717) is 17.5 Å². The standard InChI is InChI=1S/C45H26N4OS/c1-3-12-27(13-4-1)43-46-44(28-14-5-2-6-15-28)48-45(47-43)33-18-11-21-40-42(33)35-25-34-32-23-22-29(24-38(32)50-39(34)26-41(35)51-40)49-36-19-9-7-16-30(36)31-17-8-10-20-37(31)49/h1-26H. The Morgan fingerprint density at radius 3 is 1.73 bits per heavy atom. The van der Waals surface area contributed by atoms with Crippen LogP contribution in [0.15, 0.2) is 162 Å². The summed E-state index contributed by atoms with van der Waals surface area (Å²) in [4.78, 5) is 15.1. The zero-order chi connectivity index (χ0) is 33.5. The molecule has 5 nitrogen and oxygen atoms in total. The first kappa shape index (κ1) is 28.2. The molecule has 0 amide bonds. The van der Waals surface area contributed by atoms with Gasteiger partial charge in [0.25, 0.3) is 0 Å². The summed E-state index contributed by atoms with van der Waals surface area (Å²) in [6.45, 7) is 0. The first-order valence-corrected chi connectivity index (χ1v) is 17.8. The van der Waals surface area contributed by atoms with Gasteiger partial charge in [-0.2, -0.15) is 0 Å². The first-order valence-electron chi connectivity index (χ1n) is 16.9. The van der Waals surface area contributed by atoms with Crippen LogP contribution in [0.3, 0.4) is 0 Å². The number of para-hydroxylation sites is 2. The second kappa shape index (κ2) is 10.9. The number of hydrogen-bond acceptors (Lipinski definition) is 5. The average Bonchev–Trinajstić information content (AvgIpc) is 3.86. The van der Waals surface area contributed by atoms with E-state index in [4.69, 9.17) is 19.4 Å². The second-order valence-electron chi connectivity index (χ2n) is 12.8. The topological polar surface area (TPSA) is 56.7 Å². The van der Waals surface area contributed by atoms with E-state index in [-0.39, 0.29) is 0 Å². The number of hydrogen-bond donors (Lipinski definition) is 0. The van der Waals surface area contributed by atoms with Crippen molar-refractivity contribution in [2.45, 2.75) is 0 Å². The number of benzene rings is 7. The van der Waals surface area contributed by atoms with E-state index in [9.17, 15) is 0 Å². The molecule has 238 valence electrons. The highest BCUT2D eigenvalue weighted by atomic mass is 32.1. The summed E-state index contributed by atoms with van der Waals surface area (Å²) in [6, 6.07) is 54.9. The van der Waals surface area contributed by atoms with Crippen molar-refractivity contribution in [3.63, 3.8) is 0 Å². The summed E-state index contributed by atoms with van der Waals surface area (Å²) in [5.74, 6) is 1.96. The van der Waals surface area contributed by atoms with Crippen LogP contribution in [0.4, 0.5) is 0 Å². The molecule has 51 heavy (non-hydrogen) atoms. The molecule has 0 bridgehead atoms. The molecule has 0 N–H and O–H groups in total. The molecule has 0 atom stereocenters. The van der Waals surface area contributed by atoms with E-state index < -0.39 is 0 Å². The molecule has 0 aliphatic rings. The Morgan fingerprint density at radius 1 is 0.431 bits per heavy atom. The summed E-state index contributed by atoms with van der Waals surface area (Å²) in [5, 5.41) is 6.96. The molecule has 11 rings (SSSR count). The van der Waals surface area contributed by atoms with Crippen LogP contribution in [0.5, 0.6) is 0 Å². The van der Waals surface area contributed by atoms with E-state index in [2.05, 4.69) is 102 Å². The first-order chi connectivity index (χ1) is 25.3. The predicted octanol–water partition coefficient (Wildman–Crippen LogP) is 12.2. The van der Waals surface area contributed by atoms with Crippen LogP contribution in [0, 0.1) is 0 Å². The third-order valence-electron chi connectivity index (χ3n) is 9.85. The van der Waals surface area contributed by atoms with E-state index in [1.807, 2.05) is 60.7 Å². The Balaban J connectivity index is 1.11. The van der Waals surface area contributed by atoms with Crippen molar-refractivity contribution in [1.82, 2.24) is 19.5 Å². The molecule has 7 aromatic carbocycles. The molecule has 0 aliphatic carbocycles. The van der Waals surface area contributed by atoms with Gasteiger partial charge in [-0.1, -0.05) is 109 Å². The Bertz CT molecular complexity index is 3030. The van der Waals surface area contributed by atoms with Gasteiger partial charge >= 0.3 is 0 Å². The van der Waals surface area contributed by atoms with Gasteiger partial charge in [0.2, 0.25) is 0 Å². The lowest BCUT2D eigenvalue weighted by Gasteiger charge is -2.09. The predicted molar refractivity (Wildman–Crippen MR) is 211 cm³/mol. The molecule has 4 aromatic heterocycles. The normalized spacial score (nSPS) is 11.9. The molecule has 0 spiro atoms. The molecule has 4 heterocycles. The van der Waals surface area contributed by atoms with Crippen molar-refractivity contribution < 1.29 is 4.42 Å². The third kappa shape index (κ3) is 4.37. The Morgan fingerprint density at radius 2 is 1.04 bits per heavy atom. The zero-order valence-electron chi connectivity index (χ0n) is 27.1. The molecular weight excluding hydrogens is 645 g/mol. The van der Waals surface area contributed by atoms with Crippen molar-refractivity contribution in [2.24, 2.45) is 0 Å². The fourth-order valence-corrected chi connectivity index (χ4v) is 8.68. The van der Waals surface area contributed by atoms with Crippen LogP contribution >= 0.6 is 11.3 Å². The lowest BCUT2D eigenvalue weighted by Crippen LogP contribution is -2.00. The van der Waals surface area contributed by atoms with Crippen LogP contribution in [0.2, 0.25) is 0 Å². The molecule has 11 aromatic rings. The van der Waals surface area contributed by atoms with Crippen molar-refractivity contribution in [1.29, 1.82) is 0 Å². The summed E-state index contributed by atoms with van der Waals surface area (Å²) >= 11 is 1.77. The number of furan rings is 1. The number of fused-ring (bicyclic) bond motifs is 9. The Kier molecular flexibility index (Phi) is 6.05. The highest BCUT2D eigenvalue weighted by Crippen LogP contribution is 2.43. The van der Waals surface area contributed by atoms with Gasteiger partial charge in [0.15, 0.2) is 17.5 Å². The van der Waals surface area contributed by atoms with Crippen molar-refractivity contribution in [2.75, 3.05) is 0 Å². The Labute approximate surface area is 295 Å². The van der Waals surface area contributed by atoms with Crippen molar-refractivity contribution in [3.8, 4) is 39.9 Å². The number of rotatable bonds is 4. The quantitative estimate of drug-likeness (QED) is 0.187. The van der Waals surface area contributed by atoms with E-state index in [1.165, 1.54) is 26.5 Å². The minimum absolute atomic E-state index is 0.651. The maximum Gasteiger partial charge on any atom is 0.164 e. The zero-order valence-corrected chi connectivity index (χ0v) is 27.9. The van der Waals surface area contributed by atoms with Crippen molar-refractivity contribution >= 4 is 75.3 Å². The third-order valence-corrected chi connectivity index (χ3v) is 11.0. The number of thiophene rings is 1.